The van der Waals surface area contributed by atoms with Crippen LogP contribution in [-0.2, 0) is 4.37 Å². The molecule has 3 fully saturated rings. The molecule has 3 aliphatic heterocycles. The Morgan fingerprint density at radius 1 is 0.577 bits per heavy atom. The zero-order chi connectivity index (χ0) is 20.0. The molecule has 0 aliphatic carbocycles. The molecule has 0 atom stereocenters. The van der Waals surface area contributed by atoms with Crippen LogP contribution in [-0.4, -0.2) is 16.8 Å². The van der Waals surface area contributed by atoms with Gasteiger partial charge in [0.2, 0.25) is 0 Å². The third kappa shape index (κ3) is 4.87. The van der Waals surface area contributed by atoms with Crippen molar-refractivity contribution in [2.75, 3.05) is 0 Å². The maximum absolute atomic E-state index is 10.7. The van der Waals surface area contributed by atoms with Gasteiger partial charge < -0.3 is 4.37 Å². The first-order valence-corrected chi connectivity index (χ1v) is 12.0. The first kappa shape index (κ1) is 22.3. The second kappa shape index (κ2) is 6.23. The third-order valence-corrected chi connectivity index (χ3v) is 6.52. The van der Waals surface area contributed by atoms with Crippen molar-refractivity contribution >= 4 is 7.81 Å². The van der Waals surface area contributed by atoms with Gasteiger partial charge >= 0.3 is 33.0 Å². The molecule has 3 rings (SSSR count). The van der Waals surface area contributed by atoms with Gasteiger partial charge in [0, 0.05) is 57.8 Å². The van der Waals surface area contributed by atoms with Gasteiger partial charge in [-0.2, -0.15) is 0 Å². The quantitative estimate of drug-likeness (QED) is 0.233. The van der Waals surface area contributed by atoms with E-state index in [9.17, 15) is 25.2 Å². The molecule has 26 heavy (non-hydrogen) atoms. The van der Waals surface area contributed by atoms with E-state index in [-0.39, 0.29) is 0 Å². The van der Waals surface area contributed by atoms with Gasteiger partial charge in [-0.3, -0.25) is 0 Å². The fourth-order valence-electron chi connectivity index (χ4n) is 6.16. The molecule has 0 N–H and O–H groups in total. The molecule has 0 unspecified atom stereocenters. The summed E-state index contributed by atoms with van der Waals surface area (Å²) in [6.45, 7) is 7.14. The van der Waals surface area contributed by atoms with Gasteiger partial charge in [0.05, 0.1) is 0 Å². The standard InChI is InChI=1S/C18H33O.F6P/c1-4-7-16-10-12-17(8-5-2)14-15-18(9-6-3,13-11-16)19(16)17;1-7(2,3,4,5)6/h4-15H2,1-3H3;/q+1;-1. The van der Waals surface area contributed by atoms with Crippen LogP contribution in [0.1, 0.15) is 97.8 Å². The summed E-state index contributed by atoms with van der Waals surface area (Å²) in [6.07, 6.45) is 17.2. The molecule has 0 spiro atoms. The van der Waals surface area contributed by atoms with Crippen LogP contribution in [0.5, 0.6) is 0 Å². The molecule has 0 aromatic carbocycles. The van der Waals surface area contributed by atoms with E-state index in [2.05, 4.69) is 25.1 Å². The average Bonchev–Trinajstić information content (AvgIpc) is 3.03. The Morgan fingerprint density at radius 3 is 0.923 bits per heavy atom. The molecule has 8 heteroatoms. The number of hydrogen-bond donors (Lipinski definition) is 0. The van der Waals surface area contributed by atoms with Gasteiger partial charge in [-0.15, -0.1) is 0 Å². The van der Waals surface area contributed by atoms with Crippen molar-refractivity contribution < 1.29 is 29.5 Å². The Morgan fingerprint density at radius 2 is 0.769 bits per heavy atom. The first-order chi connectivity index (χ1) is 11.6. The second-order valence-electron chi connectivity index (χ2n) is 8.56. The topological polar surface area (TPSA) is 2.70 Å². The van der Waals surface area contributed by atoms with E-state index >= 15 is 0 Å². The van der Waals surface area contributed by atoms with E-state index in [1.165, 1.54) is 77.0 Å². The van der Waals surface area contributed by atoms with Crippen molar-refractivity contribution in [3.05, 3.63) is 0 Å². The molecule has 3 saturated heterocycles. The second-order valence-corrected chi connectivity index (χ2v) is 10.5. The molecule has 0 radical (unpaired) electrons. The Labute approximate surface area is 152 Å². The van der Waals surface area contributed by atoms with Crippen molar-refractivity contribution in [1.29, 1.82) is 0 Å². The normalized spacial score (nSPS) is 39.1. The molecular weight excluding hydrogens is 377 g/mol. The maximum atomic E-state index is 9.87. The molecule has 3 heterocycles. The van der Waals surface area contributed by atoms with Crippen LogP contribution in [0, 0.1) is 0 Å². The van der Waals surface area contributed by atoms with Crippen LogP contribution in [0.2, 0.25) is 0 Å². The number of halogens is 6. The first-order valence-electron chi connectivity index (χ1n) is 9.93. The predicted molar refractivity (Wildman–Crippen MR) is 95.3 cm³/mol. The van der Waals surface area contributed by atoms with Crippen molar-refractivity contribution in [3.8, 4) is 0 Å². The summed E-state index contributed by atoms with van der Waals surface area (Å²) in [7, 11) is -10.7. The predicted octanol–water partition coefficient (Wildman–Crippen LogP) is 8.92. The van der Waals surface area contributed by atoms with Gasteiger partial charge in [0.25, 0.3) is 0 Å². The van der Waals surface area contributed by atoms with Gasteiger partial charge in [-0.05, 0) is 19.3 Å². The van der Waals surface area contributed by atoms with E-state index in [1.807, 2.05) is 0 Å². The van der Waals surface area contributed by atoms with Gasteiger partial charge in [0.15, 0.2) is 16.8 Å². The average molecular weight is 410 g/mol. The summed E-state index contributed by atoms with van der Waals surface area (Å²) in [4.78, 5) is 0. The Kier molecular flexibility index (Phi) is 5.34. The molecule has 0 saturated carbocycles. The summed E-state index contributed by atoms with van der Waals surface area (Å²) in [5.74, 6) is 0. The van der Waals surface area contributed by atoms with Gasteiger partial charge in [-0.25, -0.2) is 0 Å². The molecule has 3 aliphatic rings. The van der Waals surface area contributed by atoms with E-state index in [1.54, 1.807) is 0 Å². The molecule has 0 aromatic rings. The fraction of sp³-hybridized carbons (Fsp3) is 1.00. The zero-order valence-corrected chi connectivity index (χ0v) is 17.0. The minimum atomic E-state index is -10.7. The molecule has 0 aromatic heterocycles. The van der Waals surface area contributed by atoms with Crippen LogP contribution < -0.4 is 0 Å². The van der Waals surface area contributed by atoms with Crippen molar-refractivity contribution in [2.45, 2.75) is 115 Å². The Balaban J connectivity index is 0.000000298. The molecule has 158 valence electrons. The monoisotopic (exact) mass is 410 g/mol. The summed E-state index contributed by atoms with van der Waals surface area (Å²) in [5, 5.41) is 0. The third-order valence-electron chi connectivity index (χ3n) is 6.52. The van der Waals surface area contributed by atoms with Crippen molar-refractivity contribution in [2.24, 2.45) is 0 Å². The fourth-order valence-corrected chi connectivity index (χ4v) is 6.16. The molecule has 0 amide bonds. The van der Waals surface area contributed by atoms with Gasteiger partial charge in [0.1, 0.15) is 0 Å². The molecule has 0 bridgehead atoms. The minimum absolute atomic E-state index is 0.537. The van der Waals surface area contributed by atoms with Crippen LogP contribution in [0.25, 0.3) is 0 Å². The Hall–Kier alpha value is -0.0300. The summed E-state index contributed by atoms with van der Waals surface area (Å²) in [6, 6.07) is 0. The number of hydrogen-bond acceptors (Lipinski definition) is 0. The van der Waals surface area contributed by atoms with Crippen molar-refractivity contribution in [1.82, 2.24) is 0 Å². The van der Waals surface area contributed by atoms with Crippen LogP contribution in [0.3, 0.4) is 0 Å². The molecule has 1 nitrogen and oxygen atoms in total. The summed E-state index contributed by atoms with van der Waals surface area (Å²) < 4.78 is 63.4. The molecular formula is C18H33F6OP. The van der Waals surface area contributed by atoms with Gasteiger partial charge in [-0.1, -0.05) is 20.8 Å². The summed E-state index contributed by atoms with van der Waals surface area (Å²) in [5.41, 5.74) is 1.61. The van der Waals surface area contributed by atoms with Crippen molar-refractivity contribution in [3.63, 3.8) is 0 Å². The van der Waals surface area contributed by atoms with E-state index in [0.717, 1.165) is 0 Å². The van der Waals surface area contributed by atoms with E-state index in [0.29, 0.717) is 16.8 Å². The Bertz CT molecular complexity index is 439. The SMILES string of the molecule is CCCC12CCC3(CCC)CCC(CCC)(CC1)[O+]23.F[P-](F)(F)(F)(F)F. The van der Waals surface area contributed by atoms with Crippen LogP contribution in [0.15, 0.2) is 0 Å². The van der Waals surface area contributed by atoms with E-state index in [4.69, 9.17) is 0 Å². The van der Waals surface area contributed by atoms with Crippen LogP contribution >= 0.6 is 7.81 Å². The number of rotatable bonds is 6. The van der Waals surface area contributed by atoms with Crippen LogP contribution in [0.4, 0.5) is 25.2 Å². The zero-order valence-electron chi connectivity index (χ0n) is 16.1. The van der Waals surface area contributed by atoms with E-state index < -0.39 is 7.81 Å². The summed E-state index contributed by atoms with van der Waals surface area (Å²) >= 11 is 0.